The van der Waals surface area contributed by atoms with Crippen LogP contribution in [0.4, 0.5) is 5.69 Å². The van der Waals surface area contributed by atoms with Crippen molar-refractivity contribution < 1.29 is 19.4 Å². The molecule has 0 spiro atoms. The zero-order valence-electron chi connectivity index (χ0n) is 17.6. The number of hydrogen-bond acceptors (Lipinski definition) is 5. The Kier molecular flexibility index (Phi) is 6.96. The lowest BCUT2D eigenvalue weighted by Gasteiger charge is -2.10. The van der Waals surface area contributed by atoms with E-state index in [1.54, 1.807) is 25.3 Å². The van der Waals surface area contributed by atoms with E-state index in [0.717, 1.165) is 15.6 Å². The van der Waals surface area contributed by atoms with E-state index in [4.69, 9.17) is 4.74 Å². The first kappa shape index (κ1) is 22.8. The van der Waals surface area contributed by atoms with E-state index < -0.39 is 5.97 Å². The maximum Gasteiger partial charge on any atom is 0.335 e. The Labute approximate surface area is 203 Å². The zero-order chi connectivity index (χ0) is 23.4. The van der Waals surface area contributed by atoms with E-state index in [1.165, 1.54) is 28.8 Å². The number of hydrogen-bond donors (Lipinski definition) is 1. The van der Waals surface area contributed by atoms with Crippen molar-refractivity contribution in [1.29, 1.82) is 0 Å². The van der Waals surface area contributed by atoms with Crippen LogP contribution in [0, 0.1) is 0 Å². The average Bonchev–Trinajstić information content (AvgIpc) is 3.07. The number of benzene rings is 3. The molecule has 3 aromatic rings. The number of amidine groups is 1. The third kappa shape index (κ3) is 5.53. The van der Waals surface area contributed by atoms with Crippen LogP contribution in [0.3, 0.4) is 0 Å². The third-order valence-corrected chi connectivity index (χ3v) is 6.37. The molecule has 166 valence electrons. The fraction of sp³-hybridized carbons (Fsp3) is 0.0800. The molecule has 1 aliphatic heterocycles. The molecule has 4 rings (SSSR count). The number of ether oxygens (including phenoxy) is 1. The largest absolute Gasteiger partial charge is 0.488 e. The molecule has 1 aliphatic rings. The molecule has 8 heteroatoms. The minimum Gasteiger partial charge on any atom is -0.488 e. The van der Waals surface area contributed by atoms with E-state index in [9.17, 15) is 14.7 Å². The van der Waals surface area contributed by atoms with Crippen molar-refractivity contribution in [2.45, 2.75) is 6.61 Å². The summed E-state index contributed by atoms with van der Waals surface area (Å²) >= 11 is 4.71. The standard InChI is InChI=1S/C25H19BrN2O4S/c1-28-23(29)22(33-25(28)27-20-9-5-8-17(13-20)24(30)31)14-18-12-19(26)10-11-21(18)32-15-16-6-3-2-4-7-16/h2-14H,15H2,1H3,(H,30,31). The highest BCUT2D eigenvalue weighted by Gasteiger charge is 2.30. The Bertz CT molecular complexity index is 1270. The zero-order valence-corrected chi connectivity index (χ0v) is 20.0. The second kappa shape index (κ2) is 10.1. The smallest absolute Gasteiger partial charge is 0.335 e. The van der Waals surface area contributed by atoms with Crippen molar-refractivity contribution >= 4 is 56.5 Å². The second-order valence-corrected chi connectivity index (χ2v) is 9.11. The highest BCUT2D eigenvalue weighted by atomic mass is 79.9. The van der Waals surface area contributed by atoms with Gasteiger partial charge in [0.2, 0.25) is 0 Å². The Morgan fingerprint density at radius 3 is 2.67 bits per heavy atom. The van der Waals surface area contributed by atoms with Gasteiger partial charge in [-0.15, -0.1) is 0 Å². The highest BCUT2D eigenvalue weighted by molar-refractivity contribution is 9.10. The van der Waals surface area contributed by atoms with Crippen LogP contribution in [0.25, 0.3) is 6.08 Å². The van der Waals surface area contributed by atoms with Gasteiger partial charge >= 0.3 is 5.97 Å². The molecule has 0 radical (unpaired) electrons. The van der Waals surface area contributed by atoms with Gasteiger partial charge in [0.15, 0.2) is 5.17 Å². The number of aliphatic imine (C=N–C) groups is 1. The number of thioether (sulfide) groups is 1. The summed E-state index contributed by atoms with van der Waals surface area (Å²) in [6.45, 7) is 0.409. The van der Waals surface area contributed by atoms with Gasteiger partial charge in [-0.25, -0.2) is 9.79 Å². The lowest BCUT2D eigenvalue weighted by atomic mass is 10.1. The van der Waals surface area contributed by atoms with Crippen molar-refractivity contribution in [2.75, 3.05) is 7.05 Å². The third-order valence-electron chi connectivity index (χ3n) is 4.82. The lowest BCUT2D eigenvalue weighted by molar-refractivity contribution is -0.121. The molecule has 0 unspecified atom stereocenters. The summed E-state index contributed by atoms with van der Waals surface area (Å²) in [5, 5.41) is 9.66. The lowest BCUT2D eigenvalue weighted by Crippen LogP contribution is -2.23. The summed E-state index contributed by atoms with van der Waals surface area (Å²) in [4.78, 5) is 30.5. The molecule has 3 aromatic carbocycles. The molecule has 0 atom stereocenters. The number of rotatable bonds is 6. The van der Waals surface area contributed by atoms with Crippen molar-refractivity contribution in [3.63, 3.8) is 0 Å². The summed E-state index contributed by atoms with van der Waals surface area (Å²) in [5.74, 6) is -0.564. The number of carbonyl (C=O) groups is 2. The normalized spacial score (nSPS) is 15.9. The average molecular weight is 523 g/mol. The van der Waals surface area contributed by atoms with Gasteiger partial charge < -0.3 is 9.84 Å². The van der Waals surface area contributed by atoms with Gasteiger partial charge in [-0.3, -0.25) is 9.69 Å². The SMILES string of the molecule is CN1C(=O)C(=Cc2cc(Br)ccc2OCc2ccccc2)SC1=Nc1cccc(C(=O)O)c1. The van der Waals surface area contributed by atoms with Crippen LogP contribution in [0.1, 0.15) is 21.5 Å². The van der Waals surface area contributed by atoms with Crippen molar-refractivity contribution in [1.82, 2.24) is 4.90 Å². The number of carboxylic acid groups (broad SMARTS) is 1. The number of halogens is 1. The minimum absolute atomic E-state index is 0.138. The number of carbonyl (C=O) groups excluding carboxylic acids is 1. The summed E-state index contributed by atoms with van der Waals surface area (Å²) in [6, 6.07) is 21.8. The van der Waals surface area contributed by atoms with E-state index in [0.29, 0.717) is 28.1 Å². The van der Waals surface area contributed by atoms with Gasteiger partial charge in [-0.05, 0) is 59.8 Å². The van der Waals surface area contributed by atoms with Crippen molar-refractivity contribution in [3.05, 3.63) is 98.9 Å². The van der Waals surface area contributed by atoms with Crippen LogP contribution in [0.5, 0.6) is 5.75 Å². The maximum atomic E-state index is 12.9. The first-order valence-corrected chi connectivity index (χ1v) is 11.6. The molecule has 0 saturated carbocycles. The van der Waals surface area contributed by atoms with Gasteiger partial charge in [0, 0.05) is 17.1 Å². The van der Waals surface area contributed by atoms with Crippen LogP contribution >= 0.6 is 27.7 Å². The van der Waals surface area contributed by atoms with Gasteiger partial charge in [0.25, 0.3) is 5.91 Å². The summed E-state index contributed by atoms with van der Waals surface area (Å²) < 4.78 is 6.89. The molecule has 1 heterocycles. The van der Waals surface area contributed by atoms with E-state index >= 15 is 0 Å². The Morgan fingerprint density at radius 1 is 1.12 bits per heavy atom. The number of amides is 1. The number of nitrogens with zero attached hydrogens (tertiary/aromatic N) is 2. The molecule has 1 N–H and O–H groups in total. The number of carboxylic acids is 1. The molecule has 0 bridgehead atoms. The quantitative estimate of drug-likeness (QED) is 0.404. The van der Waals surface area contributed by atoms with Gasteiger partial charge in [-0.2, -0.15) is 0 Å². The molecule has 1 fully saturated rings. The first-order valence-electron chi connectivity index (χ1n) is 9.96. The summed E-state index contributed by atoms with van der Waals surface area (Å²) in [6.07, 6.45) is 1.78. The Morgan fingerprint density at radius 2 is 1.91 bits per heavy atom. The Balaban J connectivity index is 1.60. The fourth-order valence-corrected chi connectivity index (χ4v) is 4.47. The number of aromatic carboxylic acids is 1. The van der Waals surface area contributed by atoms with Crippen LogP contribution in [0.15, 0.2) is 87.2 Å². The molecular weight excluding hydrogens is 504 g/mol. The predicted molar refractivity (Wildman–Crippen MR) is 134 cm³/mol. The van der Waals surface area contributed by atoms with Crippen LogP contribution in [0.2, 0.25) is 0 Å². The van der Waals surface area contributed by atoms with Gasteiger partial charge in [0.1, 0.15) is 12.4 Å². The molecule has 6 nitrogen and oxygen atoms in total. The van der Waals surface area contributed by atoms with Gasteiger partial charge in [-0.1, -0.05) is 52.3 Å². The number of likely N-dealkylation sites (N-methyl/N-ethyl adjacent to an activating group) is 1. The molecular formula is C25H19BrN2O4S. The first-order chi connectivity index (χ1) is 15.9. The molecule has 1 amide bonds. The highest BCUT2D eigenvalue weighted by Crippen LogP contribution is 2.35. The van der Waals surface area contributed by atoms with E-state index in [1.807, 2.05) is 48.5 Å². The van der Waals surface area contributed by atoms with Gasteiger partial charge in [0.05, 0.1) is 16.2 Å². The molecule has 0 aromatic heterocycles. The predicted octanol–water partition coefficient (Wildman–Crippen LogP) is 5.96. The molecule has 33 heavy (non-hydrogen) atoms. The monoisotopic (exact) mass is 522 g/mol. The fourth-order valence-electron chi connectivity index (χ4n) is 3.11. The van der Waals surface area contributed by atoms with Crippen LogP contribution in [-0.2, 0) is 11.4 Å². The Hall–Kier alpha value is -3.36. The molecule has 0 aliphatic carbocycles. The second-order valence-electron chi connectivity index (χ2n) is 7.18. The van der Waals surface area contributed by atoms with E-state index in [2.05, 4.69) is 20.9 Å². The summed E-state index contributed by atoms with van der Waals surface area (Å²) in [5.41, 5.74) is 2.41. The molecule has 1 saturated heterocycles. The minimum atomic E-state index is -1.03. The van der Waals surface area contributed by atoms with Crippen LogP contribution < -0.4 is 4.74 Å². The topological polar surface area (TPSA) is 79.2 Å². The summed E-state index contributed by atoms with van der Waals surface area (Å²) in [7, 11) is 1.64. The van der Waals surface area contributed by atoms with E-state index in [-0.39, 0.29) is 11.5 Å². The van der Waals surface area contributed by atoms with Crippen molar-refractivity contribution in [2.24, 2.45) is 4.99 Å². The van der Waals surface area contributed by atoms with Crippen molar-refractivity contribution in [3.8, 4) is 5.75 Å². The maximum absolute atomic E-state index is 12.9. The van der Waals surface area contributed by atoms with Crippen LogP contribution in [-0.4, -0.2) is 34.1 Å².